The molecule has 0 unspecified atom stereocenters. The highest BCUT2D eigenvalue weighted by molar-refractivity contribution is 5.76. The van der Waals surface area contributed by atoms with Crippen LogP contribution in [-0.2, 0) is 4.79 Å². The van der Waals surface area contributed by atoms with E-state index >= 15 is 0 Å². The first kappa shape index (κ1) is 21.0. The summed E-state index contributed by atoms with van der Waals surface area (Å²) in [6, 6.07) is 16.4. The second-order valence-electron chi connectivity index (χ2n) is 7.95. The zero-order valence-corrected chi connectivity index (χ0v) is 17.9. The van der Waals surface area contributed by atoms with Crippen molar-refractivity contribution in [2.24, 2.45) is 0 Å². The molecule has 1 saturated heterocycles. The summed E-state index contributed by atoms with van der Waals surface area (Å²) in [5.74, 6) is 2.15. The number of benzene rings is 2. The highest BCUT2D eigenvalue weighted by Crippen LogP contribution is 2.28. The smallest absolute Gasteiger partial charge is 0.222 e. The first-order valence-corrected chi connectivity index (χ1v) is 10.4. The number of hydrogen-bond donors (Lipinski definition) is 0. The Morgan fingerprint density at radius 1 is 1.14 bits per heavy atom. The Bertz CT molecular complexity index is 798. The van der Waals surface area contributed by atoms with Crippen LogP contribution in [0.5, 0.6) is 11.5 Å². The zero-order valence-electron chi connectivity index (χ0n) is 17.9. The molecule has 1 fully saturated rings. The fourth-order valence-electron chi connectivity index (χ4n) is 3.34. The molecule has 1 amide bonds. The van der Waals surface area contributed by atoms with Crippen molar-refractivity contribution >= 4 is 11.6 Å². The van der Waals surface area contributed by atoms with Crippen LogP contribution in [0.1, 0.15) is 38.2 Å². The number of carbonyl (C=O) groups excluding carboxylic acids is 1. The predicted octanol–water partition coefficient (Wildman–Crippen LogP) is 4.32. The number of amides is 1. The Morgan fingerprint density at radius 3 is 2.52 bits per heavy atom. The monoisotopic (exact) mass is 396 g/mol. The molecule has 1 aliphatic heterocycles. The van der Waals surface area contributed by atoms with E-state index in [-0.39, 0.29) is 17.9 Å². The van der Waals surface area contributed by atoms with Crippen molar-refractivity contribution in [3.63, 3.8) is 0 Å². The molecule has 2 aromatic rings. The van der Waals surface area contributed by atoms with Gasteiger partial charge in [0.2, 0.25) is 5.91 Å². The molecule has 0 saturated carbocycles. The second-order valence-corrected chi connectivity index (χ2v) is 7.95. The molecule has 5 heteroatoms. The largest absolute Gasteiger partial charge is 0.494 e. The first-order valence-electron chi connectivity index (χ1n) is 10.4. The molecule has 0 radical (unpaired) electrons. The number of hydrogen-bond acceptors (Lipinski definition) is 4. The van der Waals surface area contributed by atoms with E-state index in [4.69, 9.17) is 9.47 Å². The van der Waals surface area contributed by atoms with Crippen LogP contribution in [0.15, 0.2) is 48.5 Å². The van der Waals surface area contributed by atoms with Crippen LogP contribution in [-0.4, -0.2) is 50.7 Å². The number of carbonyl (C=O) groups is 1. The molecule has 3 rings (SSSR count). The van der Waals surface area contributed by atoms with Crippen LogP contribution in [0.25, 0.3) is 0 Å². The average Bonchev–Trinajstić information content (AvgIpc) is 2.69. The number of nitrogens with zero attached hydrogens (tertiary/aromatic N) is 2. The van der Waals surface area contributed by atoms with E-state index in [1.165, 1.54) is 5.69 Å². The van der Waals surface area contributed by atoms with Gasteiger partial charge in [-0.2, -0.15) is 0 Å². The molecule has 0 bridgehead atoms. The highest BCUT2D eigenvalue weighted by Gasteiger charge is 2.29. The van der Waals surface area contributed by atoms with Crippen LogP contribution in [0.3, 0.4) is 0 Å². The minimum Gasteiger partial charge on any atom is -0.494 e. The van der Waals surface area contributed by atoms with Gasteiger partial charge in [-0.25, -0.2) is 0 Å². The Balaban J connectivity index is 1.48. The van der Waals surface area contributed by atoms with Crippen molar-refractivity contribution in [1.29, 1.82) is 0 Å². The van der Waals surface area contributed by atoms with Gasteiger partial charge in [0.15, 0.2) is 0 Å². The Labute approximate surface area is 174 Å². The van der Waals surface area contributed by atoms with E-state index in [0.29, 0.717) is 6.42 Å². The molecule has 1 atom stereocenters. The van der Waals surface area contributed by atoms with Crippen molar-refractivity contribution in [1.82, 2.24) is 4.90 Å². The molecular formula is C24H32N2O3. The lowest BCUT2D eigenvalue weighted by Gasteiger charge is -2.40. The maximum absolute atomic E-state index is 11.9. The van der Waals surface area contributed by atoms with Crippen molar-refractivity contribution in [3.05, 3.63) is 54.1 Å². The van der Waals surface area contributed by atoms with E-state index in [0.717, 1.165) is 43.2 Å². The summed E-state index contributed by atoms with van der Waals surface area (Å²) in [6.07, 6.45) is 1.72. The van der Waals surface area contributed by atoms with Gasteiger partial charge in [0, 0.05) is 32.3 Å². The van der Waals surface area contributed by atoms with Crippen molar-refractivity contribution < 1.29 is 14.3 Å². The standard InChI is InChI=1S/C24H32N2O3/c1-5-13-28-22-8-6-7-20(15-22)26-16-23(17-26)29-21-11-9-19(10-12-21)18(2)14-24(27)25(3)4/h6-12,15,18,23H,5,13-14,16-17H2,1-4H3/t18-/m1/s1. The Hall–Kier alpha value is -2.69. The van der Waals surface area contributed by atoms with E-state index < -0.39 is 0 Å². The fraction of sp³-hybridized carbons (Fsp3) is 0.458. The van der Waals surface area contributed by atoms with E-state index in [1.54, 1.807) is 19.0 Å². The number of ether oxygens (including phenoxy) is 2. The summed E-state index contributed by atoms with van der Waals surface area (Å²) in [5, 5.41) is 0. The minimum absolute atomic E-state index is 0.150. The third-order valence-corrected chi connectivity index (χ3v) is 5.24. The summed E-state index contributed by atoms with van der Waals surface area (Å²) < 4.78 is 11.8. The van der Waals surface area contributed by atoms with Crippen molar-refractivity contribution in [2.75, 3.05) is 38.7 Å². The van der Waals surface area contributed by atoms with Gasteiger partial charge in [-0.1, -0.05) is 32.0 Å². The summed E-state index contributed by atoms with van der Waals surface area (Å²) in [6.45, 7) is 6.67. The topological polar surface area (TPSA) is 42.0 Å². The maximum Gasteiger partial charge on any atom is 0.222 e. The lowest BCUT2D eigenvalue weighted by molar-refractivity contribution is -0.129. The molecular weight excluding hydrogens is 364 g/mol. The van der Waals surface area contributed by atoms with Gasteiger partial charge in [-0.15, -0.1) is 0 Å². The zero-order chi connectivity index (χ0) is 20.8. The van der Waals surface area contributed by atoms with Crippen LogP contribution in [0, 0.1) is 0 Å². The van der Waals surface area contributed by atoms with Gasteiger partial charge in [0.1, 0.15) is 17.6 Å². The molecule has 2 aromatic carbocycles. The van der Waals surface area contributed by atoms with Crippen molar-refractivity contribution in [2.45, 2.75) is 38.7 Å². The molecule has 1 heterocycles. The van der Waals surface area contributed by atoms with E-state index in [2.05, 4.69) is 43.0 Å². The number of rotatable bonds is 9. The van der Waals surface area contributed by atoms with Crippen LogP contribution in [0.4, 0.5) is 5.69 Å². The maximum atomic E-state index is 11.9. The Morgan fingerprint density at radius 2 is 1.86 bits per heavy atom. The summed E-state index contributed by atoms with van der Waals surface area (Å²) in [5.41, 5.74) is 2.33. The molecule has 0 aliphatic carbocycles. The van der Waals surface area contributed by atoms with Gasteiger partial charge in [0.05, 0.1) is 19.7 Å². The summed E-state index contributed by atoms with van der Waals surface area (Å²) in [4.78, 5) is 15.8. The fourth-order valence-corrected chi connectivity index (χ4v) is 3.34. The Kier molecular flexibility index (Phi) is 7.02. The summed E-state index contributed by atoms with van der Waals surface area (Å²) in [7, 11) is 3.59. The molecule has 0 N–H and O–H groups in total. The molecule has 0 aromatic heterocycles. The third kappa shape index (κ3) is 5.66. The van der Waals surface area contributed by atoms with E-state index in [1.807, 2.05) is 24.3 Å². The van der Waals surface area contributed by atoms with E-state index in [9.17, 15) is 4.79 Å². The van der Waals surface area contributed by atoms with Crippen LogP contribution in [0.2, 0.25) is 0 Å². The molecule has 5 nitrogen and oxygen atoms in total. The normalized spacial score (nSPS) is 14.8. The second kappa shape index (κ2) is 9.68. The van der Waals surface area contributed by atoms with Gasteiger partial charge in [-0.05, 0) is 42.2 Å². The predicted molar refractivity (Wildman–Crippen MR) is 117 cm³/mol. The summed E-state index contributed by atoms with van der Waals surface area (Å²) >= 11 is 0. The van der Waals surface area contributed by atoms with Crippen LogP contribution < -0.4 is 14.4 Å². The molecule has 156 valence electrons. The van der Waals surface area contributed by atoms with Gasteiger partial charge in [-0.3, -0.25) is 4.79 Å². The molecule has 0 spiro atoms. The van der Waals surface area contributed by atoms with Gasteiger partial charge >= 0.3 is 0 Å². The van der Waals surface area contributed by atoms with Crippen molar-refractivity contribution in [3.8, 4) is 11.5 Å². The SMILES string of the molecule is CCCOc1cccc(N2CC(Oc3ccc([C@H](C)CC(=O)N(C)C)cc3)C2)c1. The highest BCUT2D eigenvalue weighted by atomic mass is 16.5. The number of anilines is 1. The van der Waals surface area contributed by atoms with Gasteiger partial charge < -0.3 is 19.3 Å². The van der Waals surface area contributed by atoms with Gasteiger partial charge in [0.25, 0.3) is 0 Å². The lowest BCUT2D eigenvalue weighted by Crippen LogP contribution is -2.54. The minimum atomic E-state index is 0.150. The average molecular weight is 397 g/mol. The lowest BCUT2D eigenvalue weighted by atomic mass is 9.97. The van der Waals surface area contributed by atoms with Crippen LogP contribution >= 0.6 is 0 Å². The quantitative estimate of drug-likeness (QED) is 0.633. The molecule has 1 aliphatic rings. The molecule has 29 heavy (non-hydrogen) atoms. The first-order chi connectivity index (χ1) is 14.0. The third-order valence-electron chi connectivity index (χ3n) is 5.24.